The highest BCUT2D eigenvalue weighted by atomic mass is 19.1. The lowest BCUT2D eigenvalue weighted by Gasteiger charge is -2.60. The van der Waals surface area contributed by atoms with Crippen LogP contribution in [0.2, 0.25) is 0 Å². The van der Waals surface area contributed by atoms with Crippen molar-refractivity contribution in [1.29, 1.82) is 0 Å². The molecule has 2 aliphatic rings. The number of hydrogen-bond acceptors (Lipinski definition) is 7. The van der Waals surface area contributed by atoms with Gasteiger partial charge in [-0.1, -0.05) is 13.8 Å². The van der Waals surface area contributed by atoms with Gasteiger partial charge in [0.05, 0.1) is 31.1 Å². The molecule has 2 aliphatic heterocycles. The summed E-state index contributed by atoms with van der Waals surface area (Å²) in [6.45, 7) is 7.70. The fourth-order valence-corrected chi connectivity index (χ4v) is 5.78. The van der Waals surface area contributed by atoms with E-state index in [1.807, 2.05) is 17.2 Å². The van der Waals surface area contributed by atoms with Gasteiger partial charge in [-0.3, -0.25) is 9.69 Å². The van der Waals surface area contributed by atoms with Crippen LogP contribution in [0.15, 0.2) is 24.8 Å². The number of carbonyl (C=O) groups excluding carboxylic acids is 1. The maximum atomic E-state index is 16.1. The summed E-state index contributed by atoms with van der Waals surface area (Å²) < 4.78 is 23.3. The number of carbonyl (C=O) groups is 1. The number of ether oxygens (including phenoxy) is 1. The van der Waals surface area contributed by atoms with Crippen LogP contribution < -0.4 is 15.0 Å². The largest absolute Gasteiger partial charge is 0.493 e. The van der Waals surface area contributed by atoms with Crippen molar-refractivity contribution in [2.24, 2.45) is 5.41 Å². The minimum Gasteiger partial charge on any atom is -0.493 e. The van der Waals surface area contributed by atoms with E-state index in [0.717, 1.165) is 43.0 Å². The predicted molar refractivity (Wildman–Crippen MR) is 134 cm³/mol. The van der Waals surface area contributed by atoms with Gasteiger partial charge in [-0.25, -0.2) is 18.9 Å². The first-order valence-electron chi connectivity index (χ1n) is 12.1. The van der Waals surface area contributed by atoms with E-state index in [0.29, 0.717) is 34.7 Å². The third kappa shape index (κ3) is 3.41. The third-order valence-corrected chi connectivity index (χ3v) is 7.34. The Bertz CT molecular complexity index is 1480. The normalized spacial score (nSPS) is 17.1. The van der Waals surface area contributed by atoms with Crippen molar-refractivity contribution < 1.29 is 13.9 Å². The molecule has 0 bridgehead atoms. The Hall–Kier alpha value is -3.73. The average Bonchev–Trinajstić information content (AvgIpc) is 3.44. The highest BCUT2D eigenvalue weighted by molar-refractivity contribution is 5.93. The number of fused-ring (bicyclic) bond motifs is 2. The van der Waals surface area contributed by atoms with Crippen LogP contribution in [0, 0.1) is 11.2 Å². The molecule has 2 N–H and O–H groups in total. The molecular weight excluding hydrogens is 463 g/mol. The van der Waals surface area contributed by atoms with Crippen LogP contribution >= 0.6 is 0 Å². The second-order valence-corrected chi connectivity index (χ2v) is 10.3. The molecule has 1 spiro atoms. The molecule has 0 aromatic carbocycles. The minimum atomic E-state index is -0.302. The molecule has 1 amide bonds. The van der Waals surface area contributed by atoms with Gasteiger partial charge in [-0.2, -0.15) is 5.10 Å². The lowest BCUT2D eigenvalue weighted by Crippen LogP contribution is -2.73. The number of aromatic nitrogens is 5. The fraction of sp³-hybridized carbons (Fsp3) is 0.440. The van der Waals surface area contributed by atoms with Crippen molar-refractivity contribution in [2.45, 2.75) is 19.8 Å². The Labute approximate surface area is 207 Å². The number of likely N-dealkylation sites (tertiary alicyclic amines) is 1. The van der Waals surface area contributed by atoms with Gasteiger partial charge in [0.15, 0.2) is 23.0 Å². The highest BCUT2D eigenvalue weighted by Crippen LogP contribution is 2.44. The number of methoxy groups -OCH3 is 1. The topological polar surface area (TPSA) is 104 Å². The van der Waals surface area contributed by atoms with Gasteiger partial charge in [-0.05, 0) is 17.5 Å². The summed E-state index contributed by atoms with van der Waals surface area (Å²) in [5, 5.41) is 7.49. The molecule has 4 aromatic rings. The Morgan fingerprint density at radius 1 is 1.28 bits per heavy atom. The zero-order chi connectivity index (χ0) is 25.2. The summed E-state index contributed by atoms with van der Waals surface area (Å²) >= 11 is 0. The van der Waals surface area contributed by atoms with Crippen molar-refractivity contribution in [3.8, 4) is 17.0 Å². The molecule has 2 saturated heterocycles. The van der Waals surface area contributed by atoms with Crippen molar-refractivity contribution in [1.82, 2.24) is 34.8 Å². The van der Waals surface area contributed by atoms with Gasteiger partial charge in [0, 0.05) is 55.8 Å². The minimum absolute atomic E-state index is 0.0178. The van der Waals surface area contributed by atoms with Gasteiger partial charge >= 0.3 is 0 Å². The van der Waals surface area contributed by atoms with Crippen molar-refractivity contribution in [2.75, 3.05) is 51.8 Å². The van der Waals surface area contributed by atoms with Crippen molar-refractivity contribution in [3.05, 3.63) is 36.2 Å². The molecule has 11 heteroatoms. The molecule has 0 atom stereocenters. The molecule has 36 heavy (non-hydrogen) atoms. The summed E-state index contributed by atoms with van der Waals surface area (Å²) in [4.78, 5) is 27.9. The van der Waals surface area contributed by atoms with Gasteiger partial charge in [-0.15, -0.1) is 0 Å². The van der Waals surface area contributed by atoms with E-state index in [4.69, 9.17) is 4.74 Å². The van der Waals surface area contributed by atoms with Gasteiger partial charge in [0.1, 0.15) is 6.33 Å². The van der Waals surface area contributed by atoms with Crippen molar-refractivity contribution >= 4 is 28.3 Å². The monoisotopic (exact) mass is 492 g/mol. The number of rotatable bonds is 6. The molecule has 0 saturated carbocycles. The van der Waals surface area contributed by atoms with Crippen LogP contribution in [0.3, 0.4) is 0 Å². The Balaban J connectivity index is 1.33. The molecular formula is C25H29FN8O2. The van der Waals surface area contributed by atoms with Crippen LogP contribution in [0.4, 0.5) is 10.2 Å². The number of likely N-dealkylation sites (N-methyl/N-ethyl adjacent to an activating group) is 1. The smallest absolute Gasteiger partial charge is 0.233 e. The van der Waals surface area contributed by atoms with E-state index in [2.05, 4.69) is 44.1 Å². The van der Waals surface area contributed by atoms with Crippen molar-refractivity contribution in [3.63, 3.8) is 0 Å². The van der Waals surface area contributed by atoms with Crippen LogP contribution in [0.5, 0.6) is 5.75 Å². The number of amides is 1. The van der Waals surface area contributed by atoms with E-state index >= 15 is 4.39 Å². The molecule has 2 fully saturated rings. The molecule has 0 radical (unpaired) electrons. The molecule has 6 rings (SSSR count). The van der Waals surface area contributed by atoms with Crippen LogP contribution in [0.1, 0.15) is 25.3 Å². The van der Waals surface area contributed by atoms with Crippen LogP contribution in [-0.4, -0.2) is 82.3 Å². The van der Waals surface area contributed by atoms with E-state index < -0.39 is 0 Å². The summed E-state index contributed by atoms with van der Waals surface area (Å²) in [5.41, 5.74) is 3.93. The predicted octanol–water partition coefficient (Wildman–Crippen LogP) is 2.41. The molecule has 4 aromatic heterocycles. The molecule has 6 heterocycles. The number of anilines is 1. The highest BCUT2D eigenvalue weighted by Gasteiger charge is 2.52. The number of nitrogens with one attached hydrogen (secondary N) is 2. The summed E-state index contributed by atoms with van der Waals surface area (Å²) in [6, 6.07) is 1.90. The first kappa shape index (κ1) is 22.7. The second kappa shape index (κ2) is 8.16. The molecule has 10 nitrogen and oxygen atoms in total. The molecule has 188 valence electrons. The molecule has 0 unspecified atom stereocenters. The quantitative estimate of drug-likeness (QED) is 0.426. The van der Waals surface area contributed by atoms with E-state index in [1.165, 1.54) is 6.33 Å². The maximum Gasteiger partial charge on any atom is 0.233 e. The Kier molecular flexibility index (Phi) is 5.15. The standard InChI is InChI=1S/C25H29FN8O2/c1-14(2)19-20-16(31-22(19)15-5-17(36-4)23-29-13-30-34(23)7-15)6-28-24(21(20)26)33-11-25(12-33)9-32(10-25)8-18(35)27-3/h5-7,13-14,31H,8-12H2,1-4H3,(H,27,35). The van der Waals surface area contributed by atoms with E-state index in [9.17, 15) is 4.79 Å². The van der Waals surface area contributed by atoms with E-state index in [1.54, 1.807) is 24.9 Å². The average molecular weight is 493 g/mol. The third-order valence-electron chi connectivity index (χ3n) is 7.34. The lowest BCUT2D eigenvalue weighted by atomic mass is 9.73. The van der Waals surface area contributed by atoms with Gasteiger partial charge in [0.2, 0.25) is 5.91 Å². The second-order valence-electron chi connectivity index (χ2n) is 10.3. The zero-order valence-electron chi connectivity index (χ0n) is 20.8. The number of nitrogens with zero attached hydrogens (tertiary/aromatic N) is 6. The number of halogens is 1. The zero-order valence-corrected chi connectivity index (χ0v) is 20.8. The molecule has 0 aliphatic carbocycles. The maximum absolute atomic E-state index is 16.1. The number of aromatic amines is 1. The first-order chi connectivity index (χ1) is 17.3. The van der Waals surface area contributed by atoms with Crippen LogP contribution in [-0.2, 0) is 4.79 Å². The summed E-state index contributed by atoms with van der Waals surface area (Å²) in [7, 11) is 3.24. The fourth-order valence-electron chi connectivity index (χ4n) is 5.78. The summed E-state index contributed by atoms with van der Waals surface area (Å²) in [5.74, 6) is 0.751. The number of H-pyrrole nitrogens is 1. The van der Waals surface area contributed by atoms with Gasteiger partial charge < -0.3 is 19.9 Å². The van der Waals surface area contributed by atoms with Crippen LogP contribution in [0.25, 0.3) is 27.8 Å². The lowest BCUT2D eigenvalue weighted by molar-refractivity contribution is -0.125. The number of pyridine rings is 2. The first-order valence-corrected chi connectivity index (χ1v) is 12.1. The Morgan fingerprint density at radius 2 is 2.06 bits per heavy atom. The Morgan fingerprint density at radius 3 is 2.75 bits per heavy atom. The summed E-state index contributed by atoms with van der Waals surface area (Å²) in [6.07, 6.45) is 5.07. The van der Waals surface area contributed by atoms with E-state index in [-0.39, 0.29) is 23.1 Å². The number of hydrogen-bond donors (Lipinski definition) is 2. The van der Waals surface area contributed by atoms with Gasteiger partial charge in [0.25, 0.3) is 0 Å². The SMILES string of the molecule is CNC(=O)CN1CC2(C1)CN(c1ncc3[nH]c(-c4cc(OC)c5ncnn5c4)c(C(C)C)c3c1F)C2.